The van der Waals surface area contributed by atoms with E-state index >= 15 is 0 Å². The number of benzene rings is 1. The zero-order valence-corrected chi connectivity index (χ0v) is 11.5. The summed E-state index contributed by atoms with van der Waals surface area (Å²) in [5, 5.41) is 8.97. The van der Waals surface area contributed by atoms with Crippen LogP contribution in [0, 0.1) is 13.8 Å². The van der Waals surface area contributed by atoms with Crippen molar-refractivity contribution in [1.29, 1.82) is 0 Å². The summed E-state index contributed by atoms with van der Waals surface area (Å²) in [5.41, 5.74) is 4.25. The molecule has 0 heterocycles. The Morgan fingerprint density at radius 1 is 1.05 bits per heavy atom. The lowest BCUT2D eigenvalue weighted by Crippen LogP contribution is -2.19. The third-order valence-electron chi connectivity index (χ3n) is 3.94. The van der Waals surface area contributed by atoms with Crippen LogP contribution in [0.5, 0.6) is 5.75 Å². The molecular weight excluding hydrogens is 244 g/mol. The van der Waals surface area contributed by atoms with Crippen LogP contribution in [0.4, 0.5) is 0 Å². The predicted molar refractivity (Wildman–Crippen MR) is 71.1 cm³/mol. The van der Waals surface area contributed by atoms with Gasteiger partial charge in [-0.05, 0) is 61.8 Å². The Morgan fingerprint density at radius 3 is 2.05 bits per heavy atom. The van der Waals surface area contributed by atoms with Crippen LogP contribution in [0.3, 0.4) is 0 Å². The lowest BCUT2D eigenvalue weighted by atomic mass is 9.82. The SMILES string of the molecule is COc1c(C)c2c(c(C)c1C(=O)C(=O)O)CCCC2. The van der Waals surface area contributed by atoms with Crippen LogP contribution in [0.1, 0.15) is 45.5 Å². The molecule has 0 fully saturated rings. The van der Waals surface area contributed by atoms with Crippen LogP contribution in [0.2, 0.25) is 0 Å². The number of methoxy groups -OCH3 is 1. The molecule has 1 aromatic rings. The van der Waals surface area contributed by atoms with E-state index in [-0.39, 0.29) is 5.56 Å². The highest BCUT2D eigenvalue weighted by Gasteiger charge is 2.28. The van der Waals surface area contributed by atoms with Crippen LogP contribution >= 0.6 is 0 Å². The summed E-state index contributed by atoms with van der Waals surface area (Å²) in [7, 11) is 1.48. The number of rotatable bonds is 3. The number of fused-ring (bicyclic) bond motifs is 1. The molecule has 19 heavy (non-hydrogen) atoms. The summed E-state index contributed by atoms with van der Waals surface area (Å²) in [4.78, 5) is 22.9. The maximum absolute atomic E-state index is 11.9. The highest BCUT2D eigenvalue weighted by Crippen LogP contribution is 2.37. The Bertz CT molecular complexity index is 558. The molecule has 0 radical (unpaired) electrons. The van der Waals surface area contributed by atoms with E-state index in [2.05, 4.69) is 0 Å². The van der Waals surface area contributed by atoms with Crippen molar-refractivity contribution in [2.24, 2.45) is 0 Å². The van der Waals surface area contributed by atoms with E-state index in [0.717, 1.165) is 42.4 Å². The first-order valence-corrected chi connectivity index (χ1v) is 6.45. The molecule has 0 saturated heterocycles. The molecule has 0 aliphatic heterocycles. The molecule has 2 rings (SSSR count). The van der Waals surface area contributed by atoms with Gasteiger partial charge in [0.05, 0.1) is 12.7 Å². The maximum atomic E-state index is 11.9. The molecule has 0 aromatic heterocycles. The van der Waals surface area contributed by atoms with Crippen molar-refractivity contribution in [1.82, 2.24) is 0 Å². The van der Waals surface area contributed by atoms with Gasteiger partial charge in [-0.2, -0.15) is 0 Å². The van der Waals surface area contributed by atoms with Crippen molar-refractivity contribution in [3.63, 3.8) is 0 Å². The van der Waals surface area contributed by atoms with Gasteiger partial charge in [0, 0.05) is 0 Å². The number of carboxylic acids is 1. The van der Waals surface area contributed by atoms with Gasteiger partial charge in [0.1, 0.15) is 5.75 Å². The van der Waals surface area contributed by atoms with Gasteiger partial charge in [0.15, 0.2) is 0 Å². The van der Waals surface area contributed by atoms with E-state index < -0.39 is 11.8 Å². The summed E-state index contributed by atoms with van der Waals surface area (Å²) in [5.74, 6) is -1.90. The van der Waals surface area contributed by atoms with Crippen molar-refractivity contribution in [2.75, 3.05) is 7.11 Å². The molecule has 0 bridgehead atoms. The highest BCUT2D eigenvalue weighted by atomic mass is 16.5. The number of carbonyl (C=O) groups is 2. The van der Waals surface area contributed by atoms with Crippen LogP contribution in [-0.4, -0.2) is 24.0 Å². The van der Waals surface area contributed by atoms with Gasteiger partial charge in [-0.3, -0.25) is 4.79 Å². The third kappa shape index (κ3) is 2.11. The fourth-order valence-corrected chi connectivity index (χ4v) is 3.01. The first-order valence-electron chi connectivity index (χ1n) is 6.45. The topological polar surface area (TPSA) is 63.6 Å². The van der Waals surface area contributed by atoms with E-state index in [0.29, 0.717) is 5.75 Å². The van der Waals surface area contributed by atoms with Crippen molar-refractivity contribution < 1.29 is 19.4 Å². The molecule has 0 unspecified atom stereocenters. The number of carbonyl (C=O) groups excluding carboxylic acids is 1. The smallest absolute Gasteiger partial charge is 0.377 e. The van der Waals surface area contributed by atoms with Crippen molar-refractivity contribution in [3.8, 4) is 5.75 Å². The second-order valence-corrected chi connectivity index (χ2v) is 4.96. The molecule has 1 aliphatic carbocycles. The lowest BCUT2D eigenvalue weighted by Gasteiger charge is -2.24. The molecule has 1 aromatic carbocycles. The van der Waals surface area contributed by atoms with Crippen LogP contribution < -0.4 is 4.74 Å². The van der Waals surface area contributed by atoms with Crippen LogP contribution in [0.25, 0.3) is 0 Å². The summed E-state index contributed by atoms with van der Waals surface area (Å²) in [6, 6.07) is 0. The summed E-state index contributed by atoms with van der Waals surface area (Å²) in [6.07, 6.45) is 4.09. The molecule has 0 saturated carbocycles. The first-order chi connectivity index (χ1) is 8.99. The molecule has 0 amide bonds. The molecule has 1 aliphatic rings. The largest absolute Gasteiger partial charge is 0.496 e. The second-order valence-electron chi connectivity index (χ2n) is 4.96. The van der Waals surface area contributed by atoms with Crippen molar-refractivity contribution >= 4 is 11.8 Å². The molecule has 4 nitrogen and oxygen atoms in total. The third-order valence-corrected chi connectivity index (χ3v) is 3.94. The Balaban J connectivity index is 2.75. The number of aliphatic carboxylic acids is 1. The van der Waals surface area contributed by atoms with Crippen molar-refractivity contribution in [2.45, 2.75) is 39.5 Å². The zero-order chi connectivity index (χ0) is 14.2. The molecular formula is C15H18O4. The number of Topliss-reactive ketones (excluding diaryl/α,β-unsaturated/α-hetero) is 1. The van der Waals surface area contributed by atoms with E-state index in [4.69, 9.17) is 9.84 Å². The monoisotopic (exact) mass is 262 g/mol. The van der Waals surface area contributed by atoms with Gasteiger partial charge in [-0.15, -0.1) is 0 Å². The minimum absolute atomic E-state index is 0.216. The fourth-order valence-electron chi connectivity index (χ4n) is 3.01. The van der Waals surface area contributed by atoms with Gasteiger partial charge >= 0.3 is 5.97 Å². The van der Waals surface area contributed by atoms with E-state index in [1.165, 1.54) is 12.7 Å². The normalized spacial score (nSPS) is 13.8. The van der Waals surface area contributed by atoms with E-state index in [1.807, 2.05) is 13.8 Å². The van der Waals surface area contributed by atoms with E-state index in [9.17, 15) is 9.59 Å². The molecule has 4 heteroatoms. The maximum Gasteiger partial charge on any atom is 0.377 e. The predicted octanol–water partition coefficient (Wildman–Crippen LogP) is 2.46. The van der Waals surface area contributed by atoms with Crippen LogP contribution in [-0.2, 0) is 17.6 Å². The van der Waals surface area contributed by atoms with Gasteiger partial charge in [0.25, 0.3) is 5.78 Å². The van der Waals surface area contributed by atoms with Gasteiger partial charge in [-0.1, -0.05) is 0 Å². The quantitative estimate of drug-likeness (QED) is 0.671. The summed E-state index contributed by atoms with van der Waals surface area (Å²) >= 11 is 0. The van der Waals surface area contributed by atoms with Crippen molar-refractivity contribution in [3.05, 3.63) is 27.8 Å². The Kier molecular flexibility index (Phi) is 3.60. The number of hydrogen-bond acceptors (Lipinski definition) is 3. The molecule has 1 N–H and O–H groups in total. The minimum atomic E-state index is -1.43. The number of carboxylic acid groups (broad SMARTS) is 1. The van der Waals surface area contributed by atoms with E-state index in [1.54, 1.807) is 0 Å². The zero-order valence-electron chi connectivity index (χ0n) is 11.5. The highest BCUT2D eigenvalue weighted by molar-refractivity contribution is 6.41. The first kappa shape index (κ1) is 13.6. The van der Waals surface area contributed by atoms with Crippen LogP contribution in [0.15, 0.2) is 0 Å². The fraction of sp³-hybridized carbons (Fsp3) is 0.467. The lowest BCUT2D eigenvalue weighted by molar-refractivity contribution is -0.131. The summed E-state index contributed by atoms with van der Waals surface area (Å²) < 4.78 is 5.31. The van der Waals surface area contributed by atoms with Gasteiger partial charge in [-0.25, -0.2) is 4.79 Å². The Labute approximate surface area is 112 Å². The molecule has 102 valence electrons. The molecule has 0 atom stereocenters. The standard InChI is InChI=1S/C15H18O4/c1-8-10-6-4-5-7-11(10)9(2)14(19-3)12(8)13(16)15(17)18/h4-7H2,1-3H3,(H,17,18). The Morgan fingerprint density at radius 2 is 1.58 bits per heavy atom. The average Bonchev–Trinajstić information content (AvgIpc) is 2.41. The number of ether oxygens (including phenoxy) is 1. The van der Waals surface area contributed by atoms with Gasteiger partial charge in [0.2, 0.25) is 0 Å². The second kappa shape index (κ2) is 5.03. The summed E-state index contributed by atoms with van der Waals surface area (Å²) in [6.45, 7) is 3.73. The number of hydrogen-bond donors (Lipinski definition) is 1. The van der Waals surface area contributed by atoms with Gasteiger partial charge < -0.3 is 9.84 Å². The Hall–Kier alpha value is -1.84. The number of ketones is 1. The minimum Gasteiger partial charge on any atom is -0.496 e. The molecule has 0 spiro atoms. The average molecular weight is 262 g/mol.